The molecule has 0 saturated heterocycles. The van der Waals surface area contributed by atoms with Gasteiger partial charge in [0, 0.05) is 4.47 Å². The fourth-order valence-corrected chi connectivity index (χ4v) is 4.46. The molecule has 1 atom stereocenters. The van der Waals surface area contributed by atoms with Gasteiger partial charge in [0.15, 0.2) is 11.5 Å². The number of benzene rings is 1. The Balaban J connectivity index is 1.80. The molecule has 3 rings (SSSR count). The molecule has 0 spiro atoms. The predicted molar refractivity (Wildman–Crippen MR) is 89.5 cm³/mol. The number of alkyl halides is 1. The summed E-state index contributed by atoms with van der Waals surface area (Å²) in [6.07, 6.45) is 9.15. The zero-order valence-electron chi connectivity index (χ0n) is 12.2. The molecule has 0 N–H and O–H groups in total. The highest BCUT2D eigenvalue weighted by atomic mass is 79.9. The van der Waals surface area contributed by atoms with E-state index in [1.807, 2.05) is 6.07 Å². The number of hydrogen-bond donors (Lipinski definition) is 0. The van der Waals surface area contributed by atoms with Crippen molar-refractivity contribution in [2.45, 2.75) is 50.3 Å². The maximum absolute atomic E-state index is 6.83. The lowest BCUT2D eigenvalue weighted by Crippen LogP contribution is -2.16. The number of rotatable bonds is 2. The standard InChI is InChI=1S/C17H22BrClO2/c18-14-11-16-15(20-8-9-21-16)10-13(14)17(19)12-6-4-2-1-3-5-7-12/h10-12,17H,1-9H2. The van der Waals surface area contributed by atoms with Crippen LogP contribution in [0.3, 0.4) is 0 Å². The zero-order chi connectivity index (χ0) is 14.7. The van der Waals surface area contributed by atoms with Gasteiger partial charge >= 0.3 is 0 Å². The molecule has 2 aliphatic rings. The van der Waals surface area contributed by atoms with Gasteiger partial charge in [-0.25, -0.2) is 0 Å². The summed E-state index contributed by atoms with van der Waals surface area (Å²) in [5.41, 5.74) is 1.14. The van der Waals surface area contributed by atoms with Crippen LogP contribution in [0.4, 0.5) is 0 Å². The maximum atomic E-state index is 6.83. The van der Waals surface area contributed by atoms with Crippen molar-refractivity contribution in [1.29, 1.82) is 0 Å². The lowest BCUT2D eigenvalue weighted by molar-refractivity contribution is 0.171. The number of hydrogen-bond acceptors (Lipinski definition) is 2. The van der Waals surface area contributed by atoms with Crippen LogP contribution in [0.2, 0.25) is 0 Å². The van der Waals surface area contributed by atoms with Crippen LogP contribution in [0.5, 0.6) is 11.5 Å². The molecule has 1 aliphatic carbocycles. The molecule has 1 heterocycles. The first-order valence-electron chi connectivity index (χ1n) is 7.99. The monoisotopic (exact) mass is 372 g/mol. The molecule has 21 heavy (non-hydrogen) atoms. The molecule has 4 heteroatoms. The number of halogens is 2. The van der Waals surface area contributed by atoms with E-state index in [0.717, 1.165) is 21.5 Å². The van der Waals surface area contributed by atoms with Crippen molar-refractivity contribution in [3.8, 4) is 11.5 Å². The third kappa shape index (κ3) is 3.68. The topological polar surface area (TPSA) is 18.5 Å². The van der Waals surface area contributed by atoms with Gasteiger partial charge in [-0.05, 0) is 36.5 Å². The Bertz CT molecular complexity index is 484. The lowest BCUT2D eigenvalue weighted by atomic mass is 9.86. The van der Waals surface area contributed by atoms with Crippen molar-refractivity contribution in [3.63, 3.8) is 0 Å². The smallest absolute Gasteiger partial charge is 0.162 e. The van der Waals surface area contributed by atoms with Crippen molar-refractivity contribution < 1.29 is 9.47 Å². The Kier molecular flexibility index (Phi) is 5.33. The average molecular weight is 374 g/mol. The SMILES string of the molecule is ClC(c1cc2c(cc1Br)OCCO2)C1CCCCCCC1. The Morgan fingerprint density at radius 3 is 2.19 bits per heavy atom. The molecule has 1 unspecified atom stereocenters. The van der Waals surface area contributed by atoms with E-state index in [2.05, 4.69) is 22.0 Å². The summed E-state index contributed by atoms with van der Waals surface area (Å²) in [7, 11) is 0. The van der Waals surface area contributed by atoms with Gasteiger partial charge in [-0.3, -0.25) is 0 Å². The number of fused-ring (bicyclic) bond motifs is 1. The third-order valence-electron chi connectivity index (χ3n) is 4.52. The van der Waals surface area contributed by atoms with Crippen LogP contribution in [-0.4, -0.2) is 13.2 Å². The third-order valence-corrected chi connectivity index (χ3v) is 5.80. The van der Waals surface area contributed by atoms with E-state index in [4.69, 9.17) is 21.1 Å². The quantitative estimate of drug-likeness (QED) is 0.604. The highest BCUT2D eigenvalue weighted by Gasteiger charge is 2.25. The molecule has 1 aromatic carbocycles. The summed E-state index contributed by atoms with van der Waals surface area (Å²) < 4.78 is 12.4. The molecule has 0 aromatic heterocycles. The van der Waals surface area contributed by atoms with E-state index in [1.54, 1.807) is 0 Å². The maximum Gasteiger partial charge on any atom is 0.162 e. The fraction of sp³-hybridized carbons (Fsp3) is 0.647. The van der Waals surface area contributed by atoms with Crippen molar-refractivity contribution >= 4 is 27.5 Å². The van der Waals surface area contributed by atoms with Gasteiger partial charge in [0.05, 0.1) is 5.38 Å². The molecular formula is C17H22BrClO2. The van der Waals surface area contributed by atoms with E-state index in [1.165, 1.54) is 44.9 Å². The fourth-order valence-electron chi connectivity index (χ4n) is 3.33. The van der Waals surface area contributed by atoms with Gasteiger partial charge in [0.2, 0.25) is 0 Å². The minimum Gasteiger partial charge on any atom is -0.486 e. The van der Waals surface area contributed by atoms with Crippen molar-refractivity contribution in [2.24, 2.45) is 5.92 Å². The van der Waals surface area contributed by atoms with Crippen LogP contribution in [-0.2, 0) is 0 Å². The highest BCUT2D eigenvalue weighted by Crippen LogP contribution is 2.44. The number of ether oxygens (including phenoxy) is 2. The molecule has 1 aliphatic heterocycles. The molecule has 1 fully saturated rings. The second-order valence-electron chi connectivity index (χ2n) is 6.02. The normalized spacial score (nSPS) is 21.4. The first-order chi connectivity index (χ1) is 10.3. The Morgan fingerprint density at radius 2 is 1.52 bits per heavy atom. The minimum atomic E-state index is 0.0494. The van der Waals surface area contributed by atoms with E-state index < -0.39 is 0 Å². The van der Waals surface area contributed by atoms with Gasteiger partial charge in [0.25, 0.3) is 0 Å². The van der Waals surface area contributed by atoms with Gasteiger partial charge in [-0.15, -0.1) is 11.6 Å². The van der Waals surface area contributed by atoms with Gasteiger partial charge in [-0.1, -0.05) is 48.0 Å². The molecule has 2 nitrogen and oxygen atoms in total. The highest BCUT2D eigenvalue weighted by molar-refractivity contribution is 9.10. The van der Waals surface area contributed by atoms with Gasteiger partial charge < -0.3 is 9.47 Å². The van der Waals surface area contributed by atoms with Crippen LogP contribution >= 0.6 is 27.5 Å². The average Bonchev–Trinajstić information content (AvgIpc) is 2.45. The molecule has 0 amide bonds. The second-order valence-corrected chi connectivity index (χ2v) is 7.35. The minimum absolute atomic E-state index is 0.0494. The van der Waals surface area contributed by atoms with Crippen molar-refractivity contribution in [2.75, 3.05) is 13.2 Å². The lowest BCUT2D eigenvalue weighted by Gasteiger charge is -2.27. The Labute approximate surface area is 140 Å². The van der Waals surface area contributed by atoms with Crippen LogP contribution in [0.25, 0.3) is 0 Å². The van der Waals surface area contributed by atoms with E-state index in [-0.39, 0.29) is 5.38 Å². The molecular weight excluding hydrogens is 352 g/mol. The summed E-state index contributed by atoms with van der Waals surface area (Å²) in [6, 6.07) is 4.07. The molecule has 0 bridgehead atoms. The predicted octanol–water partition coefficient (Wildman–Crippen LogP) is 5.86. The van der Waals surface area contributed by atoms with E-state index >= 15 is 0 Å². The first-order valence-corrected chi connectivity index (χ1v) is 9.22. The summed E-state index contributed by atoms with van der Waals surface area (Å²) in [6.45, 7) is 1.23. The first kappa shape index (κ1) is 15.5. The zero-order valence-corrected chi connectivity index (χ0v) is 14.6. The van der Waals surface area contributed by atoms with Crippen molar-refractivity contribution in [3.05, 3.63) is 22.2 Å². The van der Waals surface area contributed by atoms with Gasteiger partial charge in [-0.2, -0.15) is 0 Å². The molecule has 0 radical (unpaired) electrons. The van der Waals surface area contributed by atoms with E-state index in [0.29, 0.717) is 19.1 Å². The largest absolute Gasteiger partial charge is 0.486 e. The summed E-state index contributed by atoms with van der Waals surface area (Å²) >= 11 is 10.5. The van der Waals surface area contributed by atoms with Crippen LogP contribution in [0.1, 0.15) is 55.9 Å². The van der Waals surface area contributed by atoms with Crippen LogP contribution in [0.15, 0.2) is 16.6 Å². The van der Waals surface area contributed by atoms with E-state index in [9.17, 15) is 0 Å². The molecule has 1 aromatic rings. The Morgan fingerprint density at radius 1 is 0.952 bits per heavy atom. The molecule has 116 valence electrons. The summed E-state index contributed by atoms with van der Waals surface area (Å²) in [5.74, 6) is 2.21. The van der Waals surface area contributed by atoms with Crippen LogP contribution < -0.4 is 9.47 Å². The Hall–Kier alpha value is -0.410. The van der Waals surface area contributed by atoms with Crippen molar-refractivity contribution in [1.82, 2.24) is 0 Å². The van der Waals surface area contributed by atoms with Gasteiger partial charge in [0.1, 0.15) is 13.2 Å². The molecule has 1 saturated carbocycles. The second kappa shape index (κ2) is 7.23. The van der Waals surface area contributed by atoms with Crippen LogP contribution in [0, 0.1) is 5.92 Å². The summed E-state index contributed by atoms with van der Waals surface area (Å²) in [4.78, 5) is 0. The summed E-state index contributed by atoms with van der Waals surface area (Å²) in [5, 5.41) is 0.0494.